The molecule has 0 saturated heterocycles. The van der Waals surface area contributed by atoms with E-state index in [1.165, 1.54) is 12.8 Å². The van der Waals surface area contributed by atoms with Crippen LogP contribution in [-0.2, 0) is 0 Å². The predicted molar refractivity (Wildman–Crippen MR) is 66.1 cm³/mol. The van der Waals surface area contributed by atoms with Gasteiger partial charge in [-0.1, -0.05) is 12.2 Å². The Hall–Kier alpha value is -1.16. The molecule has 1 saturated carbocycles. The number of anilines is 1. The average molecular weight is 221 g/mol. The smallest absolute Gasteiger partial charge is 0.136 e. The van der Waals surface area contributed by atoms with E-state index < -0.39 is 0 Å². The summed E-state index contributed by atoms with van der Waals surface area (Å²) in [7, 11) is 0. The van der Waals surface area contributed by atoms with Crippen LogP contribution >= 0.6 is 12.2 Å². The van der Waals surface area contributed by atoms with E-state index in [1.807, 2.05) is 13.0 Å². The number of pyridine rings is 1. The lowest BCUT2D eigenvalue weighted by Gasteiger charge is -2.11. The van der Waals surface area contributed by atoms with Crippen LogP contribution in [0.4, 0.5) is 5.82 Å². The molecule has 3 N–H and O–H groups in total. The highest BCUT2D eigenvalue weighted by molar-refractivity contribution is 7.80. The van der Waals surface area contributed by atoms with Crippen LogP contribution in [0, 0.1) is 12.8 Å². The van der Waals surface area contributed by atoms with E-state index in [-0.39, 0.29) is 0 Å². The van der Waals surface area contributed by atoms with Crippen LogP contribution in [-0.4, -0.2) is 16.5 Å². The highest BCUT2D eigenvalue weighted by Gasteiger charge is 2.21. The first-order valence-corrected chi connectivity index (χ1v) is 5.58. The summed E-state index contributed by atoms with van der Waals surface area (Å²) in [6, 6.07) is 1.93. The minimum absolute atomic E-state index is 0.416. The summed E-state index contributed by atoms with van der Waals surface area (Å²) < 4.78 is 0. The molecule has 2 rings (SSSR count). The third kappa shape index (κ3) is 2.45. The Morgan fingerprint density at radius 2 is 2.40 bits per heavy atom. The van der Waals surface area contributed by atoms with Gasteiger partial charge in [-0.05, 0) is 37.3 Å². The second kappa shape index (κ2) is 4.14. The van der Waals surface area contributed by atoms with Crippen molar-refractivity contribution >= 4 is 23.0 Å². The molecule has 0 bridgehead atoms. The van der Waals surface area contributed by atoms with Gasteiger partial charge in [-0.15, -0.1) is 0 Å². The van der Waals surface area contributed by atoms with Gasteiger partial charge in [-0.2, -0.15) is 0 Å². The fourth-order valence-electron chi connectivity index (χ4n) is 1.57. The van der Waals surface area contributed by atoms with Gasteiger partial charge < -0.3 is 11.1 Å². The summed E-state index contributed by atoms with van der Waals surface area (Å²) in [4.78, 5) is 4.70. The Bertz CT molecular complexity index is 385. The minimum Gasteiger partial charge on any atom is -0.389 e. The van der Waals surface area contributed by atoms with Crippen molar-refractivity contribution in [1.29, 1.82) is 0 Å². The normalized spacial score (nSPS) is 15.0. The second-order valence-electron chi connectivity index (χ2n) is 4.04. The number of hydrogen-bond acceptors (Lipinski definition) is 3. The third-order valence-electron chi connectivity index (χ3n) is 2.66. The van der Waals surface area contributed by atoms with Crippen molar-refractivity contribution in [3.05, 3.63) is 23.4 Å². The molecule has 1 aliphatic carbocycles. The van der Waals surface area contributed by atoms with Gasteiger partial charge in [0, 0.05) is 12.7 Å². The Balaban J connectivity index is 2.19. The van der Waals surface area contributed by atoms with Crippen LogP contribution < -0.4 is 11.1 Å². The molecule has 80 valence electrons. The maximum absolute atomic E-state index is 5.69. The molecule has 0 atom stereocenters. The summed E-state index contributed by atoms with van der Waals surface area (Å²) in [6.07, 6.45) is 4.43. The molecule has 1 heterocycles. The summed E-state index contributed by atoms with van der Waals surface area (Å²) >= 11 is 5.03. The predicted octanol–water partition coefficient (Wildman–Crippen LogP) is 1.85. The number of nitrogens with one attached hydrogen (secondary N) is 1. The van der Waals surface area contributed by atoms with Crippen LogP contribution in [0.3, 0.4) is 0 Å². The van der Waals surface area contributed by atoms with Crippen LogP contribution in [0.25, 0.3) is 0 Å². The first-order chi connectivity index (χ1) is 7.18. The maximum atomic E-state index is 5.69. The molecule has 0 spiro atoms. The summed E-state index contributed by atoms with van der Waals surface area (Å²) in [5, 5.41) is 3.32. The zero-order valence-electron chi connectivity index (χ0n) is 8.79. The maximum Gasteiger partial charge on any atom is 0.136 e. The molecule has 1 aromatic rings. The van der Waals surface area contributed by atoms with Crippen molar-refractivity contribution in [2.45, 2.75) is 19.8 Å². The number of aromatic nitrogens is 1. The molecule has 15 heavy (non-hydrogen) atoms. The quantitative estimate of drug-likeness (QED) is 0.762. The zero-order valence-corrected chi connectivity index (χ0v) is 9.60. The molecule has 0 amide bonds. The van der Waals surface area contributed by atoms with Crippen molar-refractivity contribution in [1.82, 2.24) is 4.98 Å². The van der Waals surface area contributed by atoms with Crippen molar-refractivity contribution in [2.75, 3.05) is 11.9 Å². The number of thiocarbonyl (C=S) groups is 1. The highest BCUT2D eigenvalue weighted by Crippen LogP contribution is 2.29. The van der Waals surface area contributed by atoms with Crippen LogP contribution in [0.15, 0.2) is 12.3 Å². The Morgan fingerprint density at radius 1 is 1.67 bits per heavy atom. The lowest BCUT2D eigenvalue weighted by Crippen LogP contribution is -2.17. The van der Waals surface area contributed by atoms with E-state index in [0.717, 1.165) is 29.4 Å². The zero-order chi connectivity index (χ0) is 10.8. The number of aryl methyl sites for hydroxylation is 1. The molecule has 0 radical (unpaired) electrons. The molecular weight excluding hydrogens is 206 g/mol. The molecule has 0 unspecified atom stereocenters. The van der Waals surface area contributed by atoms with E-state index >= 15 is 0 Å². The lowest BCUT2D eigenvalue weighted by molar-refractivity contribution is 0.882. The Morgan fingerprint density at radius 3 is 3.00 bits per heavy atom. The SMILES string of the molecule is Cc1ccnc(NCC2CC2)c1C(N)=S. The van der Waals surface area contributed by atoms with Crippen molar-refractivity contribution < 1.29 is 0 Å². The number of nitrogens with two attached hydrogens (primary N) is 1. The van der Waals surface area contributed by atoms with E-state index in [4.69, 9.17) is 18.0 Å². The Kier molecular flexibility index (Phi) is 2.86. The van der Waals surface area contributed by atoms with Crippen LogP contribution in [0.5, 0.6) is 0 Å². The van der Waals surface area contributed by atoms with Crippen molar-refractivity contribution in [2.24, 2.45) is 11.7 Å². The monoisotopic (exact) mass is 221 g/mol. The fraction of sp³-hybridized carbons (Fsp3) is 0.455. The van der Waals surface area contributed by atoms with Gasteiger partial charge in [-0.3, -0.25) is 0 Å². The minimum atomic E-state index is 0.416. The van der Waals surface area contributed by atoms with E-state index in [9.17, 15) is 0 Å². The second-order valence-corrected chi connectivity index (χ2v) is 4.48. The van der Waals surface area contributed by atoms with Gasteiger partial charge in [0.1, 0.15) is 10.8 Å². The summed E-state index contributed by atoms with van der Waals surface area (Å²) in [5.41, 5.74) is 7.65. The third-order valence-corrected chi connectivity index (χ3v) is 2.86. The van der Waals surface area contributed by atoms with E-state index in [2.05, 4.69) is 10.3 Å². The topological polar surface area (TPSA) is 50.9 Å². The fourth-order valence-corrected chi connectivity index (χ4v) is 1.82. The first-order valence-electron chi connectivity index (χ1n) is 5.17. The number of nitrogens with zero attached hydrogens (tertiary/aromatic N) is 1. The molecule has 1 fully saturated rings. The molecule has 1 aromatic heterocycles. The summed E-state index contributed by atoms with van der Waals surface area (Å²) in [6.45, 7) is 2.98. The first kappa shape index (κ1) is 10.4. The number of hydrogen-bond donors (Lipinski definition) is 2. The average Bonchev–Trinajstić information content (AvgIpc) is 2.97. The molecular formula is C11H15N3S. The van der Waals surface area contributed by atoms with Gasteiger partial charge in [0.2, 0.25) is 0 Å². The Labute approximate surface area is 95.1 Å². The van der Waals surface area contributed by atoms with Gasteiger partial charge in [0.25, 0.3) is 0 Å². The van der Waals surface area contributed by atoms with Crippen molar-refractivity contribution in [3.63, 3.8) is 0 Å². The van der Waals surface area contributed by atoms with Crippen molar-refractivity contribution in [3.8, 4) is 0 Å². The standard InChI is InChI=1S/C11H15N3S/c1-7-4-5-13-11(9(7)10(12)15)14-6-8-2-3-8/h4-5,8H,2-3,6H2,1H3,(H2,12,15)(H,13,14). The number of rotatable bonds is 4. The van der Waals surface area contributed by atoms with Gasteiger partial charge in [-0.25, -0.2) is 4.98 Å². The summed E-state index contributed by atoms with van der Waals surface area (Å²) in [5.74, 6) is 1.64. The molecule has 3 nitrogen and oxygen atoms in total. The largest absolute Gasteiger partial charge is 0.389 e. The molecule has 0 aromatic carbocycles. The van der Waals surface area contributed by atoms with Crippen LogP contribution in [0.2, 0.25) is 0 Å². The van der Waals surface area contributed by atoms with Gasteiger partial charge >= 0.3 is 0 Å². The highest BCUT2D eigenvalue weighted by atomic mass is 32.1. The van der Waals surface area contributed by atoms with Crippen LogP contribution in [0.1, 0.15) is 24.0 Å². The van der Waals surface area contributed by atoms with Gasteiger partial charge in [0.15, 0.2) is 0 Å². The van der Waals surface area contributed by atoms with E-state index in [1.54, 1.807) is 6.20 Å². The molecule has 1 aliphatic rings. The van der Waals surface area contributed by atoms with Gasteiger partial charge in [0.05, 0.1) is 5.56 Å². The molecule has 0 aliphatic heterocycles. The lowest BCUT2D eigenvalue weighted by atomic mass is 10.1. The van der Waals surface area contributed by atoms with E-state index in [0.29, 0.717) is 4.99 Å². The molecule has 4 heteroatoms.